The fourth-order valence-corrected chi connectivity index (χ4v) is 1.46. The summed E-state index contributed by atoms with van der Waals surface area (Å²) in [4.78, 5) is 4.65. The molecular weight excluding hydrogens is 260 g/mol. The number of halogens is 3. The van der Waals surface area contributed by atoms with E-state index in [0.29, 0.717) is 16.0 Å². The first-order valence-corrected chi connectivity index (χ1v) is 4.71. The van der Waals surface area contributed by atoms with E-state index < -0.39 is 0 Å². The van der Waals surface area contributed by atoms with Crippen LogP contribution in [0.5, 0.6) is 0 Å². The lowest BCUT2D eigenvalue weighted by Gasteiger charge is -2.05. The Kier molecular flexibility index (Phi) is 4.12. The summed E-state index contributed by atoms with van der Waals surface area (Å²) in [6, 6.07) is 2.88. The molecule has 1 aromatic carbocycles. The van der Waals surface area contributed by atoms with Gasteiger partial charge in [0.1, 0.15) is 5.82 Å². The molecule has 0 unspecified atom stereocenters. The Morgan fingerprint density at radius 2 is 2.31 bits per heavy atom. The molecule has 0 saturated heterocycles. The van der Waals surface area contributed by atoms with Crippen molar-refractivity contribution in [3.05, 3.63) is 33.0 Å². The molecule has 1 N–H and O–H groups in total. The molecule has 2 nitrogen and oxygen atoms in total. The lowest BCUT2D eigenvalue weighted by Crippen LogP contribution is -2.11. The Bertz CT molecular complexity index is 308. The molecule has 0 aliphatic carbocycles. The Labute approximate surface area is 89.1 Å². The van der Waals surface area contributed by atoms with Crippen molar-refractivity contribution in [2.75, 3.05) is 7.11 Å². The summed E-state index contributed by atoms with van der Waals surface area (Å²) >= 11 is 8.85. The number of hydrogen-bond acceptors (Lipinski definition) is 2. The van der Waals surface area contributed by atoms with Crippen LogP contribution in [0, 0.1) is 5.82 Å². The lowest BCUT2D eigenvalue weighted by molar-refractivity contribution is 0.0867. The van der Waals surface area contributed by atoms with Crippen molar-refractivity contribution in [1.29, 1.82) is 0 Å². The van der Waals surface area contributed by atoms with Gasteiger partial charge in [0.25, 0.3) is 0 Å². The largest absolute Gasteiger partial charge is 0.305 e. The van der Waals surface area contributed by atoms with Crippen LogP contribution in [0.4, 0.5) is 4.39 Å². The third kappa shape index (κ3) is 2.91. The van der Waals surface area contributed by atoms with E-state index in [1.807, 2.05) is 0 Å². The van der Waals surface area contributed by atoms with E-state index in [1.165, 1.54) is 13.2 Å². The van der Waals surface area contributed by atoms with Crippen molar-refractivity contribution >= 4 is 27.5 Å². The van der Waals surface area contributed by atoms with Gasteiger partial charge in [0.2, 0.25) is 0 Å². The summed E-state index contributed by atoms with van der Waals surface area (Å²) in [5, 5.41) is 0.380. The maximum atomic E-state index is 12.9. The molecule has 0 atom stereocenters. The smallest absolute Gasteiger partial charge is 0.138 e. The lowest BCUT2D eigenvalue weighted by atomic mass is 10.2. The Balaban J connectivity index is 2.88. The summed E-state index contributed by atoms with van der Waals surface area (Å²) in [6.45, 7) is 0.439. The molecule has 0 aliphatic heterocycles. The molecular formula is C8H8BrClFNO. The number of nitrogens with one attached hydrogen (secondary N) is 1. The van der Waals surface area contributed by atoms with Crippen LogP contribution in [0.3, 0.4) is 0 Å². The van der Waals surface area contributed by atoms with Gasteiger partial charge in [-0.15, -0.1) is 0 Å². The summed E-state index contributed by atoms with van der Waals surface area (Å²) in [7, 11) is 1.51. The molecule has 13 heavy (non-hydrogen) atoms. The molecule has 72 valence electrons. The summed E-state index contributed by atoms with van der Waals surface area (Å²) < 4.78 is 13.3. The van der Waals surface area contributed by atoms with Crippen molar-refractivity contribution in [1.82, 2.24) is 5.48 Å². The number of rotatable bonds is 3. The van der Waals surface area contributed by atoms with Gasteiger partial charge in [-0.2, -0.15) is 5.48 Å². The van der Waals surface area contributed by atoms with Gasteiger partial charge >= 0.3 is 0 Å². The molecule has 0 bridgehead atoms. The quantitative estimate of drug-likeness (QED) is 0.672. The SMILES string of the molecule is CONCc1cc(Br)c(F)cc1Cl. The highest BCUT2D eigenvalue weighted by atomic mass is 79.9. The molecule has 0 spiro atoms. The zero-order chi connectivity index (χ0) is 9.84. The molecule has 0 heterocycles. The minimum absolute atomic E-state index is 0.369. The maximum absolute atomic E-state index is 12.9. The van der Waals surface area contributed by atoms with Crippen molar-refractivity contribution in [3.8, 4) is 0 Å². The summed E-state index contributed by atoms with van der Waals surface area (Å²) in [5.41, 5.74) is 3.40. The Hall–Kier alpha value is -0.160. The van der Waals surface area contributed by atoms with Gasteiger partial charge in [-0.3, -0.25) is 0 Å². The first-order valence-electron chi connectivity index (χ1n) is 3.54. The van der Waals surface area contributed by atoms with Crippen molar-refractivity contribution in [3.63, 3.8) is 0 Å². The minimum atomic E-state index is -0.369. The number of hydrogen-bond donors (Lipinski definition) is 1. The predicted octanol–water partition coefficient (Wildman–Crippen LogP) is 2.89. The fourth-order valence-electron chi connectivity index (χ4n) is 0.849. The van der Waals surface area contributed by atoms with Crippen molar-refractivity contribution in [2.45, 2.75) is 6.54 Å². The van der Waals surface area contributed by atoms with Crippen LogP contribution < -0.4 is 5.48 Å². The van der Waals surface area contributed by atoms with E-state index in [1.54, 1.807) is 6.07 Å². The molecule has 1 rings (SSSR count). The van der Waals surface area contributed by atoms with Gasteiger partial charge in [0, 0.05) is 11.6 Å². The van der Waals surface area contributed by atoms with Crippen LogP contribution in [0.1, 0.15) is 5.56 Å². The second-order valence-corrected chi connectivity index (χ2v) is 3.64. The van der Waals surface area contributed by atoms with Crippen LogP contribution >= 0.6 is 27.5 Å². The van der Waals surface area contributed by atoms with Gasteiger partial charge in [0.05, 0.1) is 11.6 Å². The van der Waals surface area contributed by atoms with Crippen LogP contribution in [-0.2, 0) is 11.4 Å². The van der Waals surface area contributed by atoms with E-state index in [4.69, 9.17) is 11.6 Å². The van der Waals surface area contributed by atoms with Crippen LogP contribution in [-0.4, -0.2) is 7.11 Å². The highest BCUT2D eigenvalue weighted by Crippen LogP contribution is 2.24. The normalized spacial score (nSPS) is 10.5. The topological polar surface area (TPSA) is 21.3 Å². The highest BCUT2D eigenvalue weighted by Gasteiger charge is 2.05. The zero-order valence-corrected chi connectivity index (χ0v) is 9.25. The molecule has 0 aliphatic rings. The first-order chi connectivity index (χ1) is 6.15. The second-order valence-electron chi connectivity index (χ2n) is 2.38. The van der Waals surface area contributed by atoms with Crippen LogP contribution in [0.15, 0.2) is 16.6 Å². The summed E-state index contributed by atoms with van der Waals surface area (Å²) in [5.74, 6) is -0.369. The maximum Gasteiger partial charge on any atom is 0.138 e. The molecule has 0 amide bonds. The Morgan fingerprint density at radius 1 is 1.62 bits per heavy atom. The predicted molar refractivity (Wildman–Crippen MR) is 53.0 cm³/mol. The molecule has 0 fully saturated rings. The molecule has 5 heteroatoms. The van der Waals surface area contributed by atoms with E-state index in [9.17, 15) is 4.39 Å². The summed E-state index contributed by atoms with van der Waals surface area (Å²) in [6.07, 6.45) is 0. The monoisotopic (exact) mass is 267 g/mol. The van der Waals surface area contributed by atoms with Crippen molar-refractivity contribution < 1.29 is 9.23 Å². The van der Waals surface area contributed by atoms with Gasteiger partial charge in [0.15, 0.2) is 0 Å². The molecule has 0 aromatic heterocycles. The minimum Gasteiger partial charge on any atom is -0.305 e. The fraction of sp³-hybridized carbons (Fsp3) is 0.250. The second kappa shape index (κ2) is 4.91. The third-order valence-corrected chi connectivity index (χ3v) is 2.46. The van der Waals surface area contributed by atoms with E-state index in [-0.39, 0.29) is 5.82 Å². The van der Waals surface area contributed by atoms with Crippen molar-refractivity contribution in [2.24, 2.45) is 0 Å². The number of hydroxylamine groups is 1. The van der Waals surface area contributed by atoms with Crippen LogP contribution in [0.25, 0.3) is 0 Å². The van der Waals surface area contributed by atoms with Crippen LogP contribution in [0.2, 0.25) is 5.02 Å². The third-order valence-electron chi connectivity index (χ3n) is 1.50. The van der Waals surface area contributed by atoms with Gasteiger partial charge in [-0.25, -0.2) is 4.39 Å². The zero-order valence-electron chi connectivity index (χ0n) is 6.90. The highest BCUT2D eigenvalue weighted by molar-refractivity contribution is 9.10. The van der Waals surface area contributed by atoms with Gasteiger partial charge in [-0.1, -0.05) is 11.6 Å². The van der Waals surface area contributed by atoms with Gasteiger partial charge < -0.3 is 4.84 Å². The average Bonchev–Trinajstić information content (AvgIpc) is 2.09. The van der Waals surface area contributed by atoms with E-state index in [0.717, 1.165) is 5.56 Å². The molecule has 0 radical (unpaired) electrons. The molecule has 1 aromatic rings. The Morgan fingerprint density at radius 3 is 2.92 bits per heavy atom. The van der Waals surface area contributed by atoms with Gasteiger partial charge in [-0.05, 0) is 33.6 Å². The van der Waals surface area contributed by atoms with E-state index >= 15 is 0 Å². The number of benzene rings is 1. The van der Waals surface area contributed by atoms with E-state index in [2.05, 4.69) is 26.2 Å². The molecule has 0 saturated carbocycles. The average molecular weight is 269 g/mol. The first kappa shape index (κ1) is 10.9. The standard InChI is InChI=1S/C8H8BrClFNO/c1-13-12-4-5-2-6(9)8(11)3-7(5)10/h2-3,12H,4H2,1H3.